The van der Waals surface area contributed by atoms with Gasteiger partial charge in [-0.25, -0.2) is 0 Å². The number of carbonyl (C=O) groups is 1. The fraction of sp³-hybridized carbons (Fsp3) is 0.562. The largest absolute Gasteiger partial charge is 0.356 e. The Kier molecular flexibility index (Phi) is 5.40. The summed E-state index contributed by atoms with van der Waals surface area (Å²) in [5.41, 5.74) is 2.50. The molecule has 1 aliphatic heterocycles. The molecule has 19 heavy (non-hydrogen) atoms. The Balaban J connectivity index is 1.60. The van der Waals surface area contributed by atoms with Crippen LogP contribution in [-0.4, -0.2) is 25.0 Å². The van der Waals surface area contributed by atoms with Gasteiger partial charge >= 0.3 is 0 Å². The van der Waals surface area contributed by atoms with Gasteiger partial charge in [-0.1, -0.05) is 29.8 Å². The molecule has 0 saturated carbocycles. The molecule has 0 spiro atoms. The molecule has 3 heteroatoms. The minimum Gasteiger partial charge on any atom is -0.356 e. The summed E-state index contributed by atoms with van der Waals surface area (Å²) in [5, 5.41) is 6.45. The van der Waals surface area contributed by atoms with Crippen LogP contribution in [0.15, 0.2) is 24.3 Å². The van der Waals surface area contributed by atoms with Crippen molar-refractivity contribution in [3.63, 3.8) is 0 Å². The first-order chi connectivity index (χ1) is 9.24. The minimum atomic E-state index is 0.165. The Hall–Kier alpha value is -1.35. The van der Waals surface area contributed by atoms with E-state index in [1.165, 1.54) is 24.0 Å². The summed E-state index contributed by atoms with van der Waals surface area (Å²) in [6.07, 6.45) is 4.98. The fourth-order valence-electron chi connectivity index (χ4n) is 2.49. The monoisotopic (exact) mass is 260 g/mol. The summed E-state index contributed by atoms with van der Waals surface area (Å²) >= 11 is 0. The van der Waals surface area contributed by atoms with Gasteiger partial charge < -0.3 is 10.6 Å². The molecule has 1 aromatic carbocycles. The van der Waals surface area contributed by atoms with Gasteiger partial charge in [0.05, 0.1) is 0 Å². The molecule has 1 fully saturated rings. The number of hydrogen-bond donors (Lipinski definition) is 2. The molecule has 1 heterocycles. The summed E-state index contributed by atoms with van der Waals surface area (Å²) in [5.74, 6) is 0.165. The average molecular weight is 260 g/mol. The SMILES string of the molecule is Cc1ccc(CCC(=O)NCCC2CCCN2)cc1. The van der Waals surface area contributed by atoms with E-state index in [1.54, 1.807) is 0 Å². The van der Waals surface area contributed by atoms with Crippen molar-refractivity contribution in [2.24, 2.45) is 0 Å². The number of aryl methyl sites for hydroxylation is 2. The van der Waals surface area contributed by atoms with E-state index in [-0.39, 0.29) is 5.91 Å². The Labute approximate surface area is 115 Å². The minimum absolute atomic E-state index is 0.165. The standard InChI is InChI=1S/C16H24N2O/c1-13-4-6-14(7-5-13)8-9-16(19)18-12-10-15-3-2-11-17-15/h4-7,15,17H,2-3,8-12H2,1H3,(H,18,19). The van der Waals surface area contributed by atoms with E-state index in [9.17, 15) is 4.79 Å². The summed E-state index contributed by atoms with van der Waals surface area (Å²) in [6, 6.07) is 9.01. The molecule has 0 radical (unpaired) electrons. The Morgan fingerprint density at radius 3 is 2.84 bits per heavy atom. The number of nitrogens with one attached hydrogen (secondary N) is 2. The lowest BCUT2D eigenvalue weighted by atomic mass is 10.1. The maximum absolute atomic E-state index is 11.7. The number of carbonyl (C=O) groups excluding carboxylic acids is 1. The lowest BCUT2D eigenvalue weighted by Crippen LogP contribution is -2.30. The second-order valence-electron chi connectivity index (χ2n) is 5.42. The second-order valence-corrected chi connectivity index (χ2v) is 5.42. The number of hydrogen-bond acceptors (Lipinski definition) is 2. The molecule has 1 saturated heterocycles. The highest BCUT2D eigenvalue weighted by atomic mass is 16.1. The summed E-state index contributed by atoms with van der Waals surface area (Å²) < 4.78 is 0. The first-order valence-electron chi connectivity index (χ1n) is 7.29. The van der Waals surface area contributed by atoms with Crippen molar-refractivity contribution < 1.29 is 4.79 Å². The Bertz CT molecular complexity index is 394. The topological polar surface area (TPSA) is 41.1 Å². The molecule has 0 bridgehead atoms. The van der Waals surface area contributed by atoms with Crippen LogP contribution in [0.4, 0.5) is 0 Å². The van der Waals surface area contributed by atoms with Gasteiger partial charge in [0.25, 0.3) is 0 Å². The highest BCUT2D eigenvalue weighted by Gasteiger charge is 2.13. The summed E-state index contributed by atoms with van der Waals surface area (Å²) in [4.78, 5) is 11.7. The van der Waals surface area contributed by atoms with Gasteiger partial charge in [-0.05, 0) is 44.7 Å². The van der Waals surface area contributed by atoms with Crippen molar-refractivity contribution in [2.75, 3.05) is 13.1 Å². The zero-order chi connectivity index (χ0) is 13.5. The number of benzene rings is 1. The van der Waals surface area contributed by atoms with Gasteiger partial charge in [0, 0.05) is 19.0 Å². The van der Waals surface area contributed by atoms with Crippen molar-refractivity contribution in [2.45, 2.75) is 45.1 Å². The van der Waals surface area contributed by atoms with E-state index in [0.717, 1.165) is 25.9 Å². The molecule has 1 amide bonds. The summed E-state index contributed by atoms with van der Waals surface area (Å²) in [7, 11) is 0. The van der Waals surface area contributed by atoms with Crippen LogP contribution in [0, 0.1) is 6.92 Å². The van der Waals surface area contributed by atoms with E-state index in [2.05, 4.69) is 41.8 Å². The van der Waals surface area contributed by atoms with Crippen LogP contribution in [0.1, 0.15) is 36.8 Å². The first-order valence-corrected chi connectivity index (χ1v) is 7.29. The molecular formula is C16H24N2O. The number of rotatable bonds is 6. The van der Waals surface area contributed by atoms with E-state index in [0.29, 0.717) is 12.5 Å². The molecule has 2 N–H and O–H groups in total. The number of amides is 1. The van der Waals surface area contributed by atoms with Gasteiger partial charge in [-0.15, -0.1) is 0 Å². The molecular weight excluding hydrogens is 236 g/mol. The van der Waals surface area contributed by atoms with Crippen LogP contribution in [-0.2, 0) is 11.2 Å². The third kappa shape index (κ3) is 5.03. The first kappa shape index (κ1) is 14.1. The fourth-order valence-corrected chi connectivity index (χ4v) is 2.49. The second kappa shape index (κ2) is 7.29. The van der Waals surface area contributed by atoms with Gasteiger partial charge in [0.15, 0.2) is 0 Å². The maximum atomic E-state index is 11.7. The third-order valence-electron chi connectivity index (χ3n) is 3.74. The van der Waals surface area contributed by atoms with Crippen molar-refractivity contribution in [3.05, 3.63) is 35.4 Å². The predicted molar refractivity (Wildman–Crippen MR) is 78.2 cm³/mol. The van der Waals surface area contributed by atoms with E-state index in [4.69, 9.17) is 0 Å². The molecule has 1 atom stereocenters. The summed E-state index contributed by atoms with van der Waals surface area (Å²) in [6.45, 7) is 4.00. The molecule has 1 aromatic rings. The molecule has 2 rings (SSSR count). The van der Waals surface area contributed by atoms with Crippen molar-refractivity contribution in [1.29, 1.82) is 0 Å². The third-order valence-corrected chi connectivity index (χ3v) is 3.74. The van der Waals surface area contributed by atoms with Crippen LogP contribution in [0.25, 0.3) is 0 Å². The van der Waals surface area contributed by atoms with Crippen molar-refractivity contribution in [1.82, 2.24) is 10.6 Å². The quantitative estimate of drug-likeness (QED) is 0.823. The predicted octanol–water partition coefficient (Wildman–Crippen LogP) is 2.19. The van der Waals surface area contributed by atoms with Gasteiger partial charge in [0.2, 0.25) is 5.91 Å². The van der Waals surface area contributed by atoms with Crippen LogP contribution >= 0.6 is 0 Å². The molecule has 1 unspecified atom stereocenters. The van der Waals surface area contributed by atoms with Crippen LogP contribution in [0.3, 0.4) is 0 Å². The Morgan fingerprint density at radius 2 is 2.16 bits per heavy atom. The molecule has 0 aliphatic carbocycles. The van der Waals surface area contributed by atoms with Crippen LogP contribution in [0.2, 0.25) is 0 Å². The maximum Gasteiger partial charge on any atom is 0.220 e. The highest BCUT2D eigenvalue weighted by Crippen LogP contribution is 2.08. The molecule has 0 aromatic heterocycles. The zero-order valence-electron chi connectivity index (χ0n) is 11.7. The highest BCUT2D eigenvalue weighted by molar-refractivity contribution is 5.76. The van der Waals surface area contributed by atoms with E-state index in [1.807, 2.05) is 0 Å². The lowest BCUT2D eigenvalue weighted by Gasteiger charge is -2.10. The normalized spacial score (nSPS) is 18.5. The van der Waals surface area contributed by atoms with Crippen LogP contribution < -0.4 is 10.6 Å². The molecule has 1 aliphatic rings. The molecule has 3 nitrogen and oxygen atoms in total. The van der Waals surface area contributed by atoms with Crippen LogP contribution in [0.5, 0.6) is 0 Å². The van der Waals surface area contributed by atoms with Gasteiger partial charge in [-0.2, -0.15) is 0 Å². The zero-order valence-corrected chi connectivity index (χ0v) is 11.7. The van der Waals surface area contributed by atoms with Gasteiger partial charge in [0.1, 0.15) is 0 Å². The lowest BCUT2D eigenvalue weighted by molar-refractivity contribution is -0.121. The molecule has 104 valence electrons. The van der Waals surface area contributed by atoms with E-state index >= 15 is 0 Å². The average Bonchev–Trinajstić information content (AvgIpc) is 2.91. The van der Waals surface area contributed by atoms with Gasteiger partial charge in [-0.3, -0.25) is 4.79 Å². The smallest absolute Gasteiger partial charge is 0.220 e. The van der Waals surface area contributed by atoms with Crippen molar-refractivity contribution in [3.8, 4) is 0 Å². The van der Waals surface area contributed by atoms with E-state index < -0.39 is 0 Å². The Morgan fingerprint density at radius 1 is 1.37 bits per heavy atom. The van der Waals surface area contributed by atoms with Crippen molar-refractivity contribution >= 4 is 5.91 Å².